The minimum absolute atomic E-state index is 0.0280. The van der Waals surface area contributed by atoms with Gasteiger partial charge in [0.05, 0.1) is 5.69 Å². The molecule has 0 bridgehead atoms. The van der Waals surface area contributed by atoms with Crippen molar-refractivity contribution in [1.29, 1.82) is 0 Å². The monoisotopic (exact) mass is 244 g/mol. The number of carboxylic acid groups (broad SMARTS) is 1. The number of nitrogens with zero attached hydrogens (tertiary/aromatic N) is 1. The highest BCUT2D eigenvalue weighted by molar-refractivity contribution is 5.95. The zero-order chi connectivity index (χ0) is 13.3. The van der Waals surface area contributed by atoms with Gasteiger partial charge in [0.2, 0.25) is 0 Å². The summed E-state index contributed by atoms with van der Waals surface area (Å²) in [6.07, 6.45) is 0. The van der Waals surface area contributed by atoms with Crippen LogP contribution < -0.4 is 5.69 Å². The van der Waals surface area contributed by atoms with Gasteiger partial charge in [0.1, 0.15) is 5.56 Å². The smallest absolute Gasteiger partial charge is 0.345 e. The second-order valence-corrected chi connectivity index (χ2v) is 4.07. The van der Waals surface area contributed by atoms with E-state index in [1.54, 1.807) is 25.1 Å². The molecule has 2 aromatic rings. The molecule has 0 amide bonds. The van der Waals surface area contributed by atoms with Crippen molar-refractivity contribution in [3.8, 4) is 11.3 Å². The molecule has 2 rings (SSSR count). The van der Waals surface area contributed by atoms with Crippen LogP contribution in [-0.2, 0) is 0 Å². The zero-order valence-corrected chi connectivity index (χ0v) is 10.0. The minimum atomic E-state index is -1.10. The fourth-order valence-corrected chi connectivity index (χ4v) is 1.85. The number of hydrogen-bond acceptors (Lipinski definition) is 3. The molecule has 0 aliphatic rings. The highest BCUT2D eigenvalue weighted by Crippen LogP contribution is 2.22. The number of carbonyl (C=O) groups is 1. The van der Waals surface area contributed by atoms with E-state index in [9.17, 15) is 14.7 Å². The average Bonchev–Trinajstić information content (AvgIpc) is 2.27. The Morgan fingerprint density at radius 2 is 2.06 bits per heavy atom. The molecule has 0 saturated carbocycles. The maximum absolute atomic E-state index is 11.4. The fourth-order valence-electron chi connectivity index (χ4n) is 1.85. The van der Waals surface area contributed by atoms with Gasteiger partial charge in [-0.15, -0.1) is 0 Å². The number of aromatic nitrogens is 2. The number of aromatic carboxylic acids is 1. The van der Waals surface area contributed by atoms with Crippen LogP contribution in [0, 0.1) is 13.8 Å². The van der Waals surface area contributed by atoms with Crippen LogP contribution in [0.1, 0.15) is 21.6 Å². The lowest BCUT2D eigenvalue weighted by Gasteiger charge is -2.07. The quantitative estimate of drug-likeness (QED) is 0.843. The molecule has 0 spiro atoms. The van der Waals surface area contributed by atoms with Crippen molar-refractivity contribution in [3.63, 3.8) is 0 Å². The van der Waals surface area contributed by atoms with E-state index >= 15 is 0 Å². The lowest BCUT2D eigenvalue weighted by atomic mass is 10.0. The first-order chi connectivity index (χ1) is 8.49. The van der Waals surface area contributed by atoms with Crippen LogP contribution in [-0.4, -0.2) is 21.0 Å². The van der Waals surface area contributed by atoms with Crippen LogP contribution in [0.5, 0.6) is 0 Å². The third kappa shape index (κ3) is 2.15. The van der Waals surface area contributed by atoms with E-state index in [4.69, 9.17) is 0 Å². The molecule has 0 unspecified atom stereocenters. The number of aromatic amines is 1. The number of aryl methyl sites for hydroxylation is 2. The molecule has 92 valence electrons. The number of benzene rings is 1. The van der Waals surface area contributed by atoms with E-state index in [-0.39, 0.29) is 11.3 Å². The SMILES string of the molecule is Cc1cccc(-c2nc(=O)[nH]c(C)c2C(=O)O)c1. The number of carboxylic acids is 1. The van der Waals surface area contributed by atoms with Gasteiger partial charge in [-0.05, 0) is 19.9 Å². The van der Waals surface area contributed by atoms with Gasteiger partial charge in [-0.3, -0.25) is 0 Å². The van der Waals surface area contributed by atoms with Crippen molar-refractivity contribution in [2.24, 2.45) is 0 Å². The summed E-state index contributed by atoms with van der Waals surface area (Å²) in [7, 11) is 0. The summed E-state index contributed by atoms with van der Waals surface area (Å²) in [4.78, 5) is 28.8. The molecule has 0 saturated heterocycles. The summed E-state index contributed by atoms with van der Waals surface area (Å²) in [6.45, 7) is 3.44. The highest BCUT2D eigenvalue weighted by atomic mass is 16.4. The number of H-pyrrole nitrogens is 1. The Labute approximate surface area is 103 Å². The third-order valence-corrected chi connectivity index (χ3v) is 2.62. The molecule has 2 N–H and O–H groups in total. The molecule has 1 aromatic heterocycles. The first-order valence-electron chi connectivity index (χ1n) is 5.40. The lowest BCUT2D eigenvalue weighted by Crippen LogP contribution is -2.18. The van der Waals surface area contributed by atoms with Gasteiger partial charge >= 0.3 is 11.7 Å². The van der Waals surface area contributed by atoms with E-state index < -0.39 is 11.7 Å². The second-order valence-electron chi connectivity index (χ2n) is 4.07. The number of hydrogen-bond donors (Lipinski definition) is 2. The molecule has 0 radical (unpaired) electrons. The van der Waals surface area contributed by atoms with Gasteiger partial charge in [0.15, 0.2) is 0 Å². The maximum Gasteiger partial charge on any atom is 0.345 e. The standard InChI is InChI=1S/C13H12N2O3/c1-7-4-3-5-9(6-7)11-10(12(16)17)8(2)14-13(18)15-11/h3-6H,1-2H3,(H,16,17)(H,14,15,18). The summed E-state index contributed by atoms with van der Waals surface area (Å²) in [6, 6.07) is 7.23. The first kappa shape index (κ1) is 12.0. The Hall–Kier alpha value is -2.43. The molecule has 18 heavy (non-hydrogen) atoms. The molecular weight excluding hydrogens is 232 g/mol. The second kappa shape index (κ2) is 4.44. The van der Waals surface area contributed by atoms with Gasteiger partial charge in [-0.2, -0.15) is 4.98 Å². The Morgan fingerprint density at radius 3 is 2.67 bits per heavy atom. The van der Waals surface area contributed by atoms with Crippen molar-refractivity contribution in [3.05, 3.63) is 51.6 Å². The Kier molecular flexibility index (Phi) is 2.97. The molecule has 0 aliphatic carbocycles. The predicted molar refractivity (Wildman–Crippen MR) is 66.7 cm³/mol. The normalized spacial score (nSPS) is 10.3. The van der Waals surface area contributed by atoms with E-state index in [1.807, 2.05) is 13.0 Å². The van der Waals surface area contributed by atoms with Crippen molar-refractivity contribution in [2.75, 3.05) is 0 Å². The largest absolute Gasteiger partial charge is 0.478 e. The summed E-state index contributed by atoms with van der Waals surface area (Å²) in [5, 5.41) is 9.21. The summed E-state index contributed by atoms with van der Waals surface area (Å²) in [5.74, 6) is -1.10. The molecule has 1 heterocycles. The molecule has 1 aromatic carbocycles. The summed E-state index contributed by atoms with van der Waals surface area (Å²) >= 11 is 0. The average molecular weight is 244 g/mol. The fraction of sp³-hybridized carbons (Fsp3) is 0.154. The minimum Gasteiger partial charge on any atom is -0.478 e. The zero-order valence-electron chi connectivity index (χ0n) is 10.0. The Balaban J connectivity index is 2.77. The Morgan fingerprint density at radius 1 is 1.33 bits per heavy atom. The van der Waals surface area contributed by atoms with Gasteiger partial charge in [0, 0.05) is 11.3 Å². The molecular formula is C13H12N2O3. The maximum atomic E-state index is 11.4. The van der Waals surface area contributed by atoms with Crippen LogP contribution in [0.3, 0.4) is 0 Å². The van der Waals surface area contributed by atoms with Gasteiger partial charge in [-0.25, -0.2) is 9.59 Å². The molecule has 5 heteroatoms. The molecule has 0 aliphatic heterocycles. The van der Waals surface area contributed by atoms with Crippen molar-refractivity contribution < 1.29 is 9.90 Å². The molecule has 0 atom stereocenters. The van der Waals surface area contributed by atoms with Crippen molar-refractivity contribution in [2.45, 2.75) is 13.8 Å². The summed E-state index contributed by atoms with van der Waals surface area (Å²) in [5.41, 5.74) is 1.59. The van der Waals surface area contributed by atoms with Crippen LogP contribution in [0.2, 0.25) is 0 Å². The molecule has 0 fully saturated rings. The van der Waals surface area contributed by atoms with Gasteiger partial charge in [-0.1, -0.05) is 23.8 Å². The van der Waals surface area contributed by atoms with E-state index in [0.717, 1.165) is 5.56 Å². The van der Waals surface area contributed by atoms with Gasteiger partial charge < -0.3 is 10.1 Å². The highest BCUT2D eigenvalue weighted by Gasteiger charge is 2.17. The number of nitrogens with one attached hydrogen (secondary N) is 1. The van der Waals surface area contributed by atoms with E-state index in [0.29, 0.717) is 11.3 Å². The van der Waals surface area contributed by atoms with Crippen molar-refractivity contribution in [1.82, 2.24) is 9.97 Å². The van der Waals surface area contributed by atoms with Crippen LogP contribution in [0.15, 0.2) is 29.1 Å². The molecule has 5 nitrogen and oxygen atoms in total. The van der Waals surface area contributed by atoms with E-state index in [1.165, 1.54) is 0 Å². The third-order valence-electron chi connectivity index (χ3n) is 2.62. The summed E-state index contributed by atoms with van der Waals surface area (Å²) < 4.78 is 0. The van der Waals surface area contributed by atoms with Crippen LogP contribution in [0.25, 0.3) is 11.3 Å². The van der Waals surface area contributed by atoms with Crippen molar-refractivity contribution >= 4 is 5.97 Å². The van der Waals surface area contributed by atoms with E-state index in [2.05, 4.69) is 9.97 Å². The first-order valence-corrected chi connectivity index (χ1v) is 5.40. The predicted octanol–water partition coefficient (Wildman–Crippen LogP) is 1.75. The Bertz CT molecular complexity index is 674. The topological polar surface area (TPSA) is 83.0 Å². The van der Waals surface area contributed by atoms with Crippen LogP contribution >= 0.6 is 0 Å². The lowest BCUT2D eigenvalue weighted by molar-refractivity contribution is 0.0696. The number of rotatable bonds is 2. The van der Waals surface area contributed by atoms with Gasteiger partial charge in [0.25, 0.3) is 0 Å². The van der Waals surface area contributed by atoms with Crippen LogP contribution in [0.4, 0.5) is 0 Å².